The summed E-state index contributed by atoms with van der Waals surface area (Å²) in [7, 11) is 1.35. The van der Waals surface area contributed by atoms with Crippen molar-refractivity contribution in [1.29, 1.82) is 0 Å². The maximum Gasteiger partial charge on any atom is 0.338 e. The molecule has 2 fully saturated rings. The minimum absolute atomic E-state index is 0.116. The fraction of sp³-hybridized carbons (Fsp3) is 0.435. The predicted octanol–water partition coefficient (Wildman–Crippen LogP) is -0.361. The van der Waals surface area contributed by atoms with Crippen molar-refractivity contribution < 1.29 is 64.2 Å². The summed E-state index contributed by atoms with van der Waals surface area (Å²) in [6, 6.07) is 6.11. The highest BCUT2D eigenvalue weighted by molar-refractivity contribution is 5.91. The number of hydrogen-bond donors (Lipinski definition) is 7. The van der Waals surface area contributed by atoms with Crippen molar-refractivity contribution in [1.82, 2.24) is 0 Å². The van der Waals surface area contributed by atoms with Gasteiger partial charge in [0.2, 0.25) is 0 Å². The highest BCUT2D eigenvalue weighted by atomic mass is 16.7. The largest absolute Gasteiger partial charge is 0.504 e. The van der Waals surface area contributed by atoms with Crippen LogP contribution in [-0.2, 0) is 18.9 Å². The van der Waals surface area contributed by atoms with E-state index in [4.69, 9.17) is 23.7 Å². The number of ether oxygens (including phenoxy) is 5. The van der Waals surface area contributed by atoms with E-state index in [9.17, 15) is 40.5 Å². The first kappa shape index (κ1) is 25.8. The van der Waals surface area contributed by atoms with Crippen LogP contribution in [0.25, 0.3) is 0 Å². The first-order chi connectivity index (χ1) is 17.1. The van der Waals surface area contributed by atoms with Crippen molar-refractivity contribution in [2.24, 2.45) is 0 Å². The number of aliphatic hydroxyl groups excluding tert-OH is 3. The minimum atomic E-state index is -1.48. The molecule has 0 unspecified atom stereocenters. The Morgan fingerprint density at radius 1 is 0.917 bits per heavy atom. The Morgan fingerprint density at radius 2 is 1.58 bits per heavy atom. The van der Waals surface area contributed by atoms with Gasteiger partial charge in [-0.2, -0.15) is 0 Å². The number of hydrogen-bond acceptors (Lipinski definition) is 13. The molecule has 0 aliphatic carbocycles. The van der Waals surface area contributed by atoms with Gasteiger partial charge in [-0.15, -0.1) is 0 Å². The number of methoxy groups -OCH3 is 1. The Labute approximate surface area is 204 Å². The van der Waals surface area contributed by atoms with Crippen molar-refractivity contribution in [3.8, 4) is 28.7 Å². The molecule has 2 aromatic carbocycles. The summed E-state index contributed by atoms with van der Waals surface area (Å²) >= 11 is 0. The Morgan fingerprint density at radius 3 is 2.22 bits per heavy atom. The van der Waals surface area contributed by atoms with Gasteiger partial charge < -0.3 is 59.4 Å². The van der Waals surface area contributed by atoms with Crippen molar-refractivity contribution >= 4 is 5.97 Å². The normalized spacial score (nSPS) is 29.8. The summed E-state index contributed by atoms with van der Waals surface area (Å²) < 4.78 is 27.9. The summed E-state index contributed by atoms with van der Waals surface area (Å²) in [6.45, 7) is -1.04. The lowest BCUT2D eigenvalue weighted by Gasteiger charge is -2.48. The summed E-state index contributed by atoms with van der Waals surface area (Å²) in [5.41, 5.74) is 0.156. The Bertz CT molecular complexity index is 1080. The van der Waals surface area contributed by atoms with Crippen molar-refractivity contribution in [3.05, 3.63) is 41.5 Å². The summed E-state index contributed by atoms with van der Waals surface area (Å²) in [4.78, 5) is 12.6. The van der Waals surface area contributed by atoms with Gasteiger partial charge in [-0.25, -0.2) is 4.79 Å². The lowest BCUT2D eigenvalue weighted by molar-refractivity contribution is -0.370. The van der Waals surface area contributed by atoms with Crippen LogP contribution in [0.2, 0.25) is 0 Å². The lowest BCUT2D eigenvalue weighted by Crippen LogP contribution is -2.63. The molecule has 7 atom stereocenters. The van der Waals surface area contributed by atoms with E-state index in [1.54, 1.807) is 0 Å². The molecule has 0 amide bonds. The Kier molecular flexibility index (Phi) is 7.40. The monoisotopic (exact) mass is 510 g/mol. The average Bonchev–Trinajstić information content (AvgIpc) is 2.87. The van der Waals surface area contributed by atoms with Crippen LogP contribution in [0, 0.1) is 0 Å². The molecule has 36 heavy (non-hydrogen) atoms. The molecular formula is C23H26O13. The molecule has 2 heterocycles. The van der Waals surface area contributed by atoms with Gasteiger partial charge in [0, 0.05) is 0 Å². The van der Waals surface area contributed by atoms with E-state index in [-0.39, 0.29) is 17.1 Å². The smallest absolute Gasteiger partial charge is 0.338 e. The van der Waals surface area contributed by atoms with Gasteiger partial charge in [0.05, 0.1) is 19.3 Å². The zero-order chi connectivity index (χ0) is 26.1. The van der Waals surface area contributed by atoms with E-state index in [1.165, 1.54) is 25.3 Å². The molecule has 196 valence electrons. The maximum atomic E-state index is 12.6. The first-order valence-electron chi connectivity index (χ1n) is 10.9. The van der Waals surface area contributed by atoms with Crippen LogP contribution in [-0.4, -0.2) is 98.8 Å². The van der Waals surface area contributed by atoms with Crippen LogP contribution in [0.4, 0.5) is 0 Å². The summed E-state index contributed by atoms with van der Waals surface area (Å²) in [5.74, 6) is -3.25. The average molecular weight is 510 g/mol. The van der Waals surface area contributed by atoms with E-state index in [1.807, 2.05) is 0 Å². The molecule has 0 spiro atoms. The minimum Gasteiger partial charge on any atom is -0.504 e. The Balaban J connectivity index is 1.59. The molecule has 2 aliphatic rings. The fourth-order valence-electron chi connectivity index (χ4n) is 4.07. The molecule has 0 aromatic heterocycles. The second-order valence-corrected chi connectivity index (χ2v) is 8.30. The van der Waals surface area contributed by atoms with Crippen LogP contribution < -0.4 is 4.74 Å². The zero-order valence-corrected chi connectivity index (χ0v) is 18.9. The summed E-state index contributed by atoms with van der Waals surface area (Å²) in [5, 5.41) is 69.0. The van der Waals surface area contributed by atoms with E-state index in [0.29, 0.717) is 5.56 Å². The van der Waals surface area contributed by atoms with Gasteiger partial charge in [-0.1, -0.05) is 6.07 Å². The van der Waals surface area contributed by atoms with Crippen molar-refractivity contribution in [2.75, 3.05) is 20.3 Å². The topological polar surface area (TPSA) is 205 Å². The SMILES string of the molecule is COc1cc([C@@H]2O[C@H]3[C@H](O[C@H]2COC(=O)c2cc(O)c(O)c(O)c2)O[C@H](CO)[C@@H](O)[C@@H]3O)ccc1O. The molecule has 13 nitrogen and oxygen atoms in total. The molecule has 13 heteroatoms. The van der Waals surface area contributed by atoms with Crippen LogP contribution in [0.1, 0.15) is 22.0 Å². The number of carbonyl (C=O) groups excluding carboxylic acids is 1. The number of esters is 1. The molecule has 2 aromatic rings. The number of aromatic hydroxyl groups is 4. The quantitative estimate of drug-likeness (QED) is 0.196. The number of benzene rings is 2. The fourth-order valence-corrected chi connectivity index (χ4v) is 4.07. The van der Waals surface area contributed by atoms with Crippen LogP contribution in [0.15, 0.2) is 30.3 Å². The number of phenols is 4. The van der Waals surface area contributed by atoms with E-state index < -0.39 is 79.3 Å². The van der Waals surface area contributed by atoms with Gasteiger partial charge in [0.25, 0.3) is 0 Å². The molecule has 0 bridgehead atoms. The number of rotatable bonds is 6. The standard InChI is InChI=1S/C23H26O13/c1-32-14-6-9(2-3-11(14)25)20-16(8-33-22(31)10-4-12(26)17(28)13(27)5-10)35-23-21(36-20)19(30)18(29)15(7-24)34-23/h2-6,15-16,18-21,23-30H,7-8H2,1H3/t15-,16+,18-,19+,20+,21-,23+/m1/s1. The predicted molar refractivity (Wildman–Crippen MR) is 117 cm³/mol. The van der Waals surface area contributed by atoms with Gasteiger partial charge in [0.15, 0.2) is 35.0 Å². The second-order valence-electron chi connectivity index (χ2n) is 8.30. The molecule has 0 saturated carbocycles. The molecule has 2 saturated heterocycles. The first-order valence-corrected chi connectivity index (χ1v) is 10.9. The highest BCUT2D eigenvalue weighted by Gasteiger charge is 2.51. The molecule has 2 aliphatic heterocycles. The van der Waals surface area contributed by atoms with E-state index >= 15 is 0 Å². The number of fused-ring (bicyclic) bond motifs is 1. The van der Waals surface area contributed by atoms with Gasteiger partial charge >= 0.3 is 5.97 Å². The lowest BCUT2D eigenvalue weighted by atomic mass is 9.95. The van der Waals surface area contributed by atoms with Crippen LogP contribution in [0.5, 0.6) is 28.7 Å². The van der Waals surface area contributed by atoms with Gasteiger partial charge in [-0.3, -0.25) is 0 Å². The Hall–Kier alpha value is -3.33. The number of carbonyl (C=O) groups is 1. The van der Waals surface area contributed by atoms with E-state index in [0.717, 1.165) is 12.1 Å². The molecule has 0 radical (unpaired) electrons. The molecule has 7 N–H and O–H groups in total. The number of aliphatic hydroxyl groups is 3. The van der Waals surface area contributed by atoms with Crippen LogP contribution in [0.3, 0.4) is 0 Å². The van der Waals surface area contributed by atoms with Gasteiger partial charge in [0.1, 0.15) is 43.2 Å². The third-order valence-electron chi connectivity index (χ3n) is 5.99. The van der Waals surface area contributed by atoms with Crippen LogP contribution >= 0.6 is 0 Å². The van der Waals surface area contributed by atoms with Gasteiger partial charge in [-0.05, 0) is 29.8 Å². The third kappa shape index (κ3) is 4.84. The van der Waals surface area contributed by atoms with E-state index in [2.05, 4.69) is 0 Å². The highest BCUT2D eigenvalue weighted by Crippen LogP contribution is 2.40. The van der Waals surface area contributed by atoms with Crippen molar-refractivity contribution in [2.45, 2.75) is 42.9 Å². The third-order valence-corrected chi connectivity index (χ3v) is 5.99. The van der Waals surface area contributed by atoms with Crippen molar-refractivity contribution in [3.63, 3.8) is 0 Å². The molecular weight excluding hydrogens is 484 g/mol. The second kappa shape index (κ2) is 10.3. The summed E-state index contributed by atoms with van der Waals surface area (Å²) in [6.07, 6.45) is -8.56. The number of phenolic OH excluding ortho intramolecular Hbond substituents is 4. The maximum absolute atomic E-state index is 12.6. The molecule has 4 rings (SSSR count). The zero-order valence-electron chi connectivity index (χ0n) is 18.9.